The van der Waals surface area contributed by atoms with Crippen LogP contribution in [0.3, 0.4) is 0 Å². The van der Waals surface area contributed by atoms with Crippen LogP contribution in [0.15, 0.2) is 0 Å². The molecule has 0 bridgehead atoms. The van der Waals surface area contributed by atoms with E-state index in [9.17, 15) is 0 Å². The summed E-state index contributed by atoms with van der Waals surface area (Å²) in [7, 11) is 0.318. The lowest BCUT2D eigenvalue weighted by Crippen LogP contribution is -1.70. The monoisotopic (exact) mass is 166 g/mol. The van der Waals surface area contributed by atoms with Crippen molar-refractivity contribution in [2.24, 2.45) is 0 Å². The molecule has 0 radical (unpaired) electrons. The van der Waals surface area contributed by atoms with Crippen LogP contribution in [-0.2, 0) is 11.8 Å². The quantitative estimate of drug-likeness (QED) is 0.498. The average Bonchev–Trinajstić information content (AvgIpc) is 1.86. The third kappa shape index (κ3) is 1.32. The molecule has 8 heavy (non-hydrogen) atoms. The summed E-state index contributed by atoms with van der Waals surface area (Å²) in [5.41, 5.74) is -0.736. The first-order chi connectivity index (χ1) is 3.63. The van der Waals surface area contributed by atoms with Gasteiger partial charge in [-0.25, -0.2) is 0 Å². The molecular formula is C5H12P2S. The molecule has 48 valence electrons. The van der Waals surface area contributed by atoms with E-state index in [1.165, 1.54) is 18.7 Å². The minimum Gasteiger partial charge on any atom is -0.0930 e. The molecule has 0 amide bonds. The summed E-state index contributed by atoms with van der Waals surface area (Å²) >= 11 is 5.47. The number of hydrogen-bond donors (Lipinski definition) is 0. The first-order valence-electron chi connectivity index (χ1n) is 2.91. The molecule has 0 saturated carbocycles. The smallest absolute Gasteiger partial charge is 0.0198 e. The Hall–Kier alpha value is 1.08. The van der Waals surface area contributed by atoms with Crippen molar-refractivity contribution in [3.8, 4) is 0 Å². The lowest BCUT2D eigenvalue weighted by atomic mass is 10.6. The molecule has 0 aromatic carbocycles. The van der Waals surface area contributed by atoms with Crippen molar-refractivity contribution >= 4 is 25.1 Å². The molecule has 0 aromatic heterocycles. The van der Waals surface area contributed by atoms with Crippen LogP contribution < -0.4 is 0 Å². The van der Waals surface area contributed by atoms with E-state index in [1.807, 2.05) is 0 Å². The lowest BCUT2D eigenvalue weighted by Gasteiger charge is -2.13. The normalized spacial score (nSPS) is 47.5. The van der Waals surface area contributed by atoms with Gasteiger partial charge < -0.3 is 0 Å². The van der Waals surface area contributed by atoms with Gasteiger partial charge in [0.25, 0.3) is 0 Å². The fourth-order valence-electron chi connectivity index (χ4n) is 0.975. The van der Waals surface area contributed by atoms with Gasteiger partial charge >= 0.3 is 0 Å². The molecule has 2 unspecified atom stereocenters. The minimum atomic E-state index is -0.736. The second kappa shape index (κ2) is 2.37. The SMILES string of the molecule is CP1CCCP1(C)=S. The summed E-state index contributed by atoms with van der Waals surface area (Å²) in [5.74, 6) is 0. The highest BCUT2D eigenvalue weighted by Gasteiger charge is 2.24. The Balaban J connectivity index is 2.69. The molecule has 2 atom stereocenters. The van der Waals surface area contributed by atoms with Gasteiger partial charge in [0.1, 0.15) is 0 Å². The molecule has 0 aliphatic carbocycles. The molecular weight excluding hydrogens is 154 g/mol. The van der Waals surface area contributed by atoms with E-state index in [-0.39, 0.29) is 0 Å². The Morgan fingerprint density at radius 3 is 2.38 bits per heavy atom. The summed E-state index contributed by atoms with van der Waals surface area (Å²) < 4.78 is 0. The second-order valence-corrected chi connectivity index (χ2v) is 14.7. The van der Waals surface area contributed by atoms with Crippen LogP contribution in [0.1, 0.15) is 6.42 Å². The number of hydrogen-bond acceptors (Lipinski definition) is 1. The lowest BCUT2D eigenvalue weighted by molar-refractivity contribution is 1.13. The van der Waals surface area contributed by atoms with Gasteiger partial charge in [0.2, 0.25) is 0 Å². The molecule has 3 heteroatoms. The summed E-state index contributed by atoms with van der Waals surface area (Å²) in [6.07, 6.45) is 4.28. The topological polar surface area (TPSA) is 0 Å². The maximum Gasteiger partial charge on any atom is -0.0198 e. The largest absolute Gasteiger partial charge is 0.0930 e. The van der Waals surface area contributed by atoms with E-state index in [1.54, 1.807) is 0 Å². The van der Waals surface area contributed by atoms with E-state index in [2.05, 4.69) is 13.3 Å². The van der Waals surface area contributed by atoms with Crippen LogP contribution in [0.4, 0.5) is 0 Å². The molecule has 1 aliphatic heterocycles. The van der Waals surface area contributed by atoms with Crippen molar-refractivity contribution in [2.75, 3.05) is 25.7 Å². The Morgan fingerprint density at radius 1 is 1.62 bits per heavy atom. The van der Waals surface area contributed by atoms with Crippen LogP contribution in [-0.4, -0.2) is 25.7 Å². The summed E-state index contributed by atoms with van der Waals surface area (Å²) in [4.78, 5) is 0. The van der Waals surface area contributed by atoms with Crippen molar-refractivity contribution in [3.05, 3.63) is 0 Å². The van der Waals surface area contributed by atoms with Crippen LogP contribution in [0.5, 0.6) is 0 Å². The fourth-order valence-corrected chi connectivity index (χ4v) is 7.61. The van der Waals surface area contributed by atoms with Gasteiger partial charge in [0.15, 0.2) is 0 Å². The predicted octanol–water partition coefficient (Wildman–Crippen LogP) is 2.53. The Bertz CT molecular complexity index is 132. The van der Waals surface area contributed by atoms with E-state index < -0.39 is 5.73 Å². The molecule has 1 aliphatic rings. The second-order valence-electron chi connectivity index (χ2n) is 2.51. The van der Waals surface area contributed by atoms with Gasteiger partial charge in [-0.15, -0.1) is 0 Å². The zero-order chi connectivity index (χ0) is 6.20. The molecule has 0 nitrogen and oxygen atoms in total. The van der Waals surface area contributed by atoms with Crippen molar-refractivity contribution in [1.82, 2.24) is 0 Å². The van der Waals surface area contributed by atoms with Crippen LogP contribution in [0, 0.1) is 0 Å². The van der Waals surface area contributed by atoms with Gasteiger partial charge in [-0.2, -0.15) is 0 Å². The number of rotatable bonds is 0. The maximum absolute atomic E-state index is 5.47. The molecule has 0 aromatic rings. The van der Waals surface area contributed by atoms with Crippen molar-refractivity contribution in [1.29, 1.82) is 0 Å². The van der Waals surface area contributed by atoms with Crippen molar-refractivity contribution < 1.29 is 0 Å². The highest BCUT2D eigenvalue weighted by atomic mass is 32.6. The zero-order valence-electron chi connectivity index (χ0n) is 5.42. The van der Waals surface area contributed by atoms with Gasteiger partial charge in [0, 0.05) is 0 Å². The molecule has 0 N–H and O–H groups in total. The minimum absolute atomic E-state index is 0.318. The Labute approximate surface area is 57.7 Å². The van der Waals surface area contributed by atoms with Crippen molar-refractivity contribution in [2.45, 2.75) is 6.42 Å². The van der Waals surface area contributed by atoms with E-state index in [0.29, 0.717) is 7.61 Å². The van der Waals surface area contributed by atoms with Crippen LogP contribution >= 0.6 is 13.3 Å². The standard InChI is InChI=1S/C5H12P2S/c1-6-4-3-5-7(6,2)8/h3-5H2,1-2H3. The molecule has 1 fully saturated rings. The highest BCUT2D eigenvalue weighted by Crippen LogP contribution is 2.75. The third-order valence-electron chi connectivity index (χ3n) is 1.78. The summed E-state index contributed by atoms with van der Waals surface area (Å²) in [5, 5.41) is 0. The highest BCUT2D eigenvalue weighted by molar-refractivity contribution is 8.52. The summed E-state index contributed by atoms with van der Waals surface area (Å²) in [6.45, 7) is 4.71. The van der Waals surface area contributed by atoms with Crippen LogP contribution in [0.25, 0.3) is 0 Å². The predicted molar refractivity (Wildman–Crippen MR) is 47.4 cm³/mol. The van der Waals surface area contributed by atoms with Gasteiger partial charge in [-0.05, 0) is 37.8 Å². The molecule has 0 spiro atoms. The molecule has 1 heterocycles. The average molecular weight is 166 g/mol. The first kappa shape index (κ1) is 7.19. The molecule has 1 saturated heterocycles. The summed E-state index contributed by atoms with van der Waals surface area (Å²) in [6, 6.07) is 0. The first-order valence-corrected chi connectivity index (χ1v) is 9.02. The fraction of sp³-hybridized carbons (Fsp3) is 1.00. The maximum atomic E-state index is 5.47. The Kier molecular flexibility index (Phi) is 2.13. The van der Waals surface area contributed by atoms with E-state index in [0.717, 1.165) is 0 Å². The van der Waals surface area contributed by atoms with Gasteiger partial charge in [-0.3, -0.25) is 0 Å². The third-order valence-corrected chi connectivity index (χ3v) is 13.9. The van der Waals surface area contributed by atoms with E-state index in [4.69, 9.17) is 11.8 Å². The van der Waals surface area contributed by atoms with Gasteiger partial charge in [0.05, 0.1) is 0 Å². The van der Waals surface area contributed by atoms with Crippen LogP contribution in [0.2, 0.25) is 0 Å². The van der Waals surface area contributed by atoms with Crippen molar-refractivity contribution in [3.63, 3.8) is 0 Å². The zero-order valence-corrected chi connectivity index (χ0v) is 8.03. The van der Waals surface area contributed by atoms with Gasteiger partial charge in [-0.1, -0.05) is 19.4 Å². The Morgan fingerprint density at radius 2 is 2.25 bits per heavy atom. The van der Waals surface area contributed by atoms with E-state index >= 15 is 0 Å². The molecule has 1 rings (SSSR count).